The lowest BCUT2D eigenvalue weighted by Gasteiger charge is -2.32. The van der Waals surface area contributed by atoms with Gasteiger partial charge in [-0.2, -0.15) is 7.05 Å². The van der Waals surface area contributed by atoms with E-state index in [0.717, 1.165) is 11.4 Å². The van der Waals surface area contributed by atoms with Crippen molar-refractivity contribution < 1.29 is 15.1 Å². The van der Waals surface area contributed by atoms with Crippen molar-refractivity contribution in [1.29, 1.82) is 0 Å². The van der Waals surface area contributed by atoms with Gasteiger partial charge in [0.05, 0.1) is 19.2 Å². The Hall–Kier alpha value is -0.120. The Bertz CT molecular complexity index is 97.1. The standard InChI is InChI=1S/C6H13NO2/c1-7-3-2-5(8)6(9)4-7/h5-9H,1-4H2/t5-,6+/m0/s1. The van der Waals surface area contributed by atoms with Crippen molar-refractivity contribution in [3.63, 3.8) is 0 Å². The summed E-state index contributed by atoms with van der Waals surface area (Å²) in [5.74, 6) is 0. The minimum atomic E-state index is -0.564. The summed E-state index contributed by atoms with van der Waals surface area (Å²) in [7, 11) is 3.73. The maximum absolute atomic E-state index is 9.04. The highest BCUT2D eigenvalue weighted by molar-refractivity contribution is 4.68. The fourth-order valence-electron chi connectivity index (χ4n) is 1.08. The van der Waals surface area contributed by atoms with Crippen LogP contribution in [0.15, 0.2) is 0 Å². The number of hydrogen-bond acceptors (Lipinski definition) is 2. The molecule has 1 aliphatic rings. The molecule has 0 spiro atoms. The first kappa shape index (κ1) is 6.99. The van der Waals surface area contributed by atoms with E-state index in [9.17, 15) is 0 Å². The van der Waals surface area contributed by atoms with Gasteiger partial charge >= 0.3 is 0 Å². The van der Waals surface area contributed by atoms with Gasteiger partial charge in [0.2, 0.25) is 0 Å². The molecule has 1 unspecified atom stereocenters. The highest BCUT2D eigenvalue weighted by atomic mass is 16.3. The van der Waals surface area contributed by atoms with Gasteiger partial charge in [-0.1, -0.05) is 0 Å². The Morgan fingerprint density at radius 2 is 2.00 bits per heavy atom. The van der Waals surface area contributed by atoms with Gasteiger partial charge in [-0.3, -0.25) is 0 Å². The largest absolute Gasteiger partial charge is 0.466 e. The molecule has 0 aromatic rings. The summed E-state index contributed by atoms with van der Waals surface area (Å²) in [6.07, 6.45) is -0.415. The predicted octanol–water partition coefficient (Wildman–Crippen LogP) is -2.21. The fourth-order valence-corrected chi connectivity index (χ4v) is 1.08. The van der Waals surface area contributed by atoms with Crippen LogP contribution in [0, 0.1) is 7.05 Å². The molecule has 1 saturated heterocycles. The normalized spacial score (nSPS) is 45.0. The zero-order valence-corrected chi connectivity index (χ0v) is 5.38. The summed E-state index contributed by atoms with van der Waals surface area (Å²) in [4.78, 5) is 1.05. The van der Waals surface area contributed by atoms with Crippen LogP contribution in [0.25, 0.3) is 0 Å². The lowest BCUT2D eigenvalue weighted by atomic mass is 10.1. The molecule has 0 aromatic carbocycles. The highest BCUT2D eigenvalue weighted by Crippen LogP contribution is 1.98. The van der Waals surface area contributed by atoms with Crippen molar-refractivity contribution in [2.24, 2.45) is 0 Å². The molecule has 0 saturated carbocycles. The van der Waals surface area contributed by atoms with Crippen LogP contribution < -0.4 is 4.90 Å². The SMILES string of the molecule is [CH2-][NH+]1CC[C@H](O)[C@H](O)C1. The Morgan fingerprint density at radius 3 is 2.44 bits per heavy atom. The maximum atomic E-state index is 9.04. The molecule has 0 bridgehead atoms. The van der Waals surface area contributed by atoms with Crippen LogP contribution in [-0.2, 0) is 0 Å². The van der Waals surface area contributed by atoms with E-state index in [0.29, 0.717) is 13.0 Å². The Balaban J connectivity index is 2.35. The van der Waals surface area contributed by atoms with E-state index in [2.05, 4.69) is 7.05 Å². The van der Waals surface area contributed by atoms with Gasteiger partial charge in [0.1, 0.15) is 6.10 Å². The number of hydrogen-bond donors (Lipinski definition) is 3. The lowest BCUT2D eigenvalue weighted by molar-refractivity contribution is -0.864. The highest BCUT2D eigenvalue weighted by Gasteiger charge is 2.23. The molecule has 3 nitrogen and oxygen atoms in total. The van der Waals surface area contributed by atoms with Gasteiger partial charge in [0.15, 0.2) is 0 Å². The molecular formula is C6H13NO2. The molecular weight excluding hydrogens is 118 g/mol. The number of rotatable bonds is 0. The minimum absolute atomic E-state index is 0.518. The number of nitrogens with one attached hydrogen (secondary N) is 1. The molecule has 0 aromatic heterocycles. The minimum Gasteiger partial charge on any atom is -0.466 e. The maximum Gasteiger partial charge on any atom is 0.127 e. The van der Waals surface area contributed by atoms with Gasteiger partial charge in [-0.15, -0.1) is 0 Å². The number of piperidine rings is 1. The molecule has 3 atom stereocenters. The smallest absolute Gasteiger partial charge is 0.127 e. The number of aliphatic hydroxyl groups is 2. The van der Waals surface area contributed by atoms with Gasteiger partial charge in [0.25, 0.3) is 0 Å². The Kier molecular flexibility index (Phi) is 2.05. The molecule has 0 amide bonds. The molecule has 3 N–H and O–H groups in total. The molecule has 0 aliphatic carbocycles. The second kappa shape index (κ2) is 2.64. The summed E-state index contributed by atoms with van der Waals surface area (Å²) in [5.41, 5.74) is 0. The van der Waals surface area contributed by atoms with E-state index in [1.165, 1.54) is 0 Å². The van der Waals surface area contributed by atoms with Gasteiger partial charge in [-0.25, -0.2) is 0 Å². The van der Waals surface area contributed by atoms with Crippen molar-refractivity contribution in [2.75, 3.05) is 13.1 Å². The monoisotopic (exact) mass is 131 g/mol. The first-order valence-corrected chi connectivity index (χ1v) is 3.23. The van der Waals surface area contributed by atoms with Crippen LogP contribution >= 0.6 is 0 Å². The van der Waals surface area contributed by atoms with Crippen molar-refractivity contribution >= 4 is 0 Å². The Morgan fingerprint density at radius 1 is 1.33 bits per heavy atom. The molecule has 1 fully saturated rings. The summed E-state index contributed by atoms with van der Waals surface area (Å²) >= 11 is 0. The molecule has 0 radical (unpaired) electrons. The lowest BCUT2D eigenvalue weighted by Crippen LogP contribution is -3.10. The van der Waals surface area contributed by atoms with Gasteiger partial charge in [0, 0.05) is 6.42 Å². The van der Waals surface area contributed by atoms with Crippen LogP contribution in [-0.4, -0.2) is 35.5 Å². The van der Waals surface area contributed by atoms with E-state index < -0.39 is 12.2 Å². The third-order valence-corrected chi connectivity index (χ3v) is 1.74. The second-order valence-electron chi connectivity index (χ2n) is 2.63. The third-order valence-electron chi connectivity index (χ3n) is 1.74. The zero-order valence-electron chi connectivity index (χ0n) is 5.38. The van der Waals surface area contributed by atoms with E-state index >= 15 is 0 Å². The first-order chi connectivity index (χ1) is 4.20. The molecule has 1 heterocycles. The second-order valence-corrected chi connectivity index (χ2v) is 2.63. The van der Waals surface area contributed by atoms with Crippen LogP contribution in [0.1, 0.15) is 6.42 Å². The molecule has 54 valence electrons. The first-order valence-electron chi connectivity index (χ1n) is 3.23. The van der Waals surface area contributed by atoms with E-state index in [-0.39, 0.29) is 0 Å². The summed E-state index contributed by atoms with van der Waals surface area (Å²) in [6, 6.07) is 0. The third kappa shape index (κ3) is 1.64. The average Bonchev–Trinajstić information content (AvgIpc) is 1.80. The average molecular weight is 131 g/mol. The summed E-state index contributed by atoms with van der Waals surface area (Å²) in [6.45, 7) is 1.43. The quantitative estimate of drug-likeness (QED) is 0.326. The van der Waals surface area contributed by atoms with Crippen molar-refractivity contribution in [3.05, 3.63) is 7.05 Å². The molecule has 3 heteroatoms. The van der Waals surface area contributed by atoms with Crippen LogP contribution in [0.2, 0.25) is 0 Å². The van der Waals surface area contributed by atoms with Crippen LogP contribution in [0.3, 0.4) is 0 Å². The topological polar surface area (TPSA) is 44.9 Å². The summed E-state index contributed by atoms with van der Waals surface area (Å²) < 4.78 is 0. The van der Waals surface area contributed by atoms with E-state index in [1.54, 1.807) is 0 Å². The van der Waals surface area contributed by atoms with E-state index in [4.69, 9.17) is 10.2 Å². The van der Waals surface area contributed by atoms with Gasteiger partial charge < -0.3 is 15.1 Å². The van der Waals surface area contributed by atoms with Crippen LogP contribution in [0.4, 0.5) is 0 Å². The fraction of sp³-hybridized carbons (Fsp3) is 0.833. The van der Waals surface area contributed by atoms with Crippen molar-refractivity contribution in [1.82, 2.24) is 0 Å². The van der Waals surface area contributed by atoms with E-state index in [1.807, 2.05) is 0 Å². The molecule has 1 rings (SSSR count). The summed E-state index contributed by atoms with van der Waals surface area (Å²) in [5, 5.41) is 18.0. The van der Waals surface area contributed by atoms with Crippen molar-refractivity contribution in [2.45, 2.75) is 18.6 Å². The molecule has 1 aliphatic heterocycles. The molecule has 9 heavy (non-hydrogen) atoms. The predicted molar refractivity (Wildman–Crippen MR) is 32.7 cm³/mol. The zero-order chi connectivity index (χ0) is 6.85. The van der Waals surface area contributed by atoms with Crippen molar-refractivity contribution in [3.8, 4) is 0 Å². The number of aliphatic hydroxyl groups excluding tert-OH is 2. The number of likely N-dealkylation sites (tertiary alicyclic amines) is 1. The van der Waals surface area contributed by atoms with Crippen LogP contribution in [0.5, 0.6) is 0 Å². The Labute approximate surface area is 54.9 Å². The number of quaternary nitrogens is 1. The van der Waals surface area contributed by atoms with Gasteiger partial charge in [-0.05, 0) is 0 Å².